The Morgan fingerprint density at radius 2 is 1.89 bits per heavy atom. The van der Waals surface area contributed by atoms with E-state index in [1.54, 1.807) is 0 Å². The van der Waals surface area contributed by atoms with Crippen LogP contribution in [0, 0.1) is 5.92 Å². The molecule has 0 aliphatic heterocycles. The molecule has 2 aliphatic carbocycles. The molecule has 0 unspecified atom stereocenters. The fraction of sp³-hybridized carbons (Fsp3) is 0.625. The van der Waals surface area contributed by atoms with Crippen LogP contribution in [0.3, 0.4) is 0 Å². The van der Waals surface area contributed by atoms with Crippen LogP contribution in [0.15, 0.2) is 24.3 Å². The van der Waals surface area contributed by atoms with E-state index >= 15 is 0 Å². The number of hydrogen-bond acceptors (Lipinski definition) is 2. The number of benzene rings is 1. The van der Waals surface area contributed by atoms with Crippen LogP contribution in [0.4, 0.5) is 0 Å². The van der Waals surface area contributed by atoms with Crippen molar-refractivity contribution in [3.8, 4) is 0 Å². The maximum atomic E-state index is 6.84. The summed E-state index contributed by atoms with van der Waals surface area (Å²) in [7, 11) is 0. The Hall–Kier alpha value is -0.860. The topological polar surface area (TPSA) is 52.0 Å². The summed E-state index contributed by atoms with van der Waals surface area (Å²) in [5, 5.41) is 0. The van der Waals surface area contributed by atoms with Crippen molar-refractivity contribution in [2.24, 2.45) is 17.4 Å². The first-order chi connectivity index (χ1) is 8.49. The molecule has 1 aromatic rings. The molecule has 1 aromatic carbocycles. The maximum absolute atomic E-state index is 6.84. The van der Waals surface area contributed by atoms with Gasteiger partial charge in [0.1, 0.15) is 0 Å². The van der Waals surface area contributed by atoms with E-state index in [9.17, 15) is 0 Å². The van der Waals surface area contributed by atoms with Gasteiger partial charge in [-0.2, -0.15) is 0 Å². The second kappa shape index (κ2) is 3.82. The molecule has 0 radical (unpaired) electrons. The van der Waals surface area contributed by atoms with Gasteiger partial charge >= 0.3 is 0 Å². The molecule has 2 nitrogen and oxygen atoms in total. The lowest BCUT2D eigenvalue weighted by Crippen LogP contribution is -2.70. The predicted molar refractivity (Wildman–Crippen MR) is 75.3 cm³/mol. The van der Waals surface area contributed by atoms with Crippen molar-refractivity contribution >= 4 is 0 Å². The predicted octanol–water partition coefficient (Wildman–Crippen LogP) is 2.87. The second-order valence-electron chi connectivity index (χ2n) is 6.50. The van der Waals surface area contributed by atoms with E-state index in [0.717, 1.165) is 12.8 Å². The van der Waals surface area contributed by atoms with Crippen molar-refractivity contribution in [1.29, 1.82) is 0 Å². The van der Waals surface area contributed by atoms with E-state index in [4.69, 9.17) is 11.5 Å². The summed E-state index contributed by atoms with van der Waals surface area (Å²) < 4.78 is 0. The minimum absolute atomic E-state index is 0.237. The van der Waals surface area contributed by atoms with Crippen LogP contribution < -0.4 is 11.5 Å². The van der Waals surface area contributed by atoms with Gasteiger partial charge in [-0.15, -0.1) is 0 Å². The molecule has 98 valence electrons. The van der Waals surface area contributed by atoms with Crippen LogP contribution in [0.25, 0.3) is 0 Å². The van der Waals surface area contributed by atoms with Gasteiger partial charge in [0, 0.05) is 5.54 Å². The summed E-state index contributed by atoms with van der Waals surface area (Å²) in [6.45, 7) is 4.57. The van der Waals surface area contributed by atoms with Crippen molar-refractivity contribution in [2.45, 2.75) is 56.5 Å². The van der Waals surface area contributed by atoms with Gasteiger partial charge in [0.2, 0.25) is 0 Å². The van der Waals surface area contributed by atoms with E-state index < -0.39 is 0 Å². The van der Waals surface area contributed by atoms with Crippen molar-refractivity contribution in [2.75, 3.05) is 0 Å². The molecule has 4 atom stereocenters. The summed E-state index contributed by atoms with van der Waals surface area (Å²) >= 11 is 0. The van der Waals surface area contributed by atoms with Crippen molar-refractivity contribution in [1.82, 2.24) is 0 Å². The zero-order valence-corrected chi connectivity index (χ0v) is 11.4. The molecular weight excluding hydrogens is 220 g/mol. The van der Waals surface area contributed by atoms with Gasteiger partial charge in [-0.1, -0.05) is 44.5 Å². The SMILES string of the molecule is C[C@H]1C[C@]2(N)[C@@H](C)CCC[C@]2(N)c2ccccc21. The number of fused-ring (bicyclic) bond motifs is 3. The average Bonchev–Trinajstić information content (AvgIpc) is 2.35. The molecule has 0 bridgehead atoms. The molecule has 2 heteroatoms. The molecule has 0 aromatic heterocycles. The average molecular weight is 244 g/mol. The van der Waals surface area contributed by atoms with Crippen molar-refractivity contribution in [3.05, 3.63) is 35.4 Å². The Balaban J connectivity index is 2.20. The first kappa shape index (κ1) is 12.2. The van der Waals surface area contributed by atoms with Gasteiger partial charge in [-0.3, -0.25) is 0 Å². The molecule has 4 N–H and O–H groups in total. The highest BCUT2D eigenvalue weighted by Gasteiger charge is 2.56. The Morgan fingerprint density at radius 3 is 2.67 bits per heavy atom. The first-order valence-corrected chi connectivity index (χ1v) is 7.16. The highest BCUT2D eigenvalue weighted by atomic mass is 15.0. The minimum Gasteiger partial charge on any atom is -0.323 e. The fourth-order valence-corrected chi connectivity index (χ4v) is 4.34. The van der Waals surface area contributed by atoms with Gasteiger partial charge in [0.05, 0.1) is 5.54 Å². The van der Waals surface area contributed by atoms with Crippen LogP contribution in [0.5, 0.6) is 0 Å². The van der Waals surface area contributed by atoms with Crippen LogP contribution in [0.2, 0.25) is 0 Å². The van der Waals surface area contributed by atoms with E-state index in [-0.39, 0.29) is 11.1 Å². The molecule has 0 amide bonds. The van der Waals surface area contributed by atoms with E-state index in [1.165, 1.54) is 24.0 Å². The van der Waals surface area contributed by atoms with Gasteiger partial charge < -0.3 is 11.5 Å². The van der Waals surface area contributed by atoms with Crippen molar-refractivity contribution in [3.63, 3.8) is 0 Å². The minimum atomic E-state index is -0.326. The standard InChI is InChI=1S/C16H24N2/c1-11-10-16(18)12(2)6-5-9-15(16,17)14-8-4-3-7-13(11)14/h3-4,7-8,11-12H,5-6,9-10,17-18H2,1-2H3/t11-,12-,15-,16-/m0/s1. The zero-order valence-electron chi connectivity index (χ0n) is 11.4. The highest BCUT2D eigenvalue weighted by molar-refractivity contribution is 5.43. The lowest BCUT2D eigenvalue weighted by Gasteiger charge is -2.58. The van der Waals surface area contributed by atoms with Gasteiger partial charge in [-0.05, 0) is 42.2 Å². The summed E-state index contributed by atoms with van der Waals surface area (Å²) in [6, 6.07) is 8.65. The smallest absolute Gasteiger partial charge is 0.0597 e. The number of hydrogen-bond donors (Lipinski definition) is 2. The number of rotatable bonds is 0. The Bertz CT molecular complexity index is 470. The Morgan fingerprint density at radius 1 is 1.17 bits per heavy atom. The van der Waals surface area contributed by atoms with Gasteiger partial charge in [0.25, 0.3) is 0 Å². The molecule has 3 rings (SSSR count). The van der Waals surface area contributed by atoms with Gasteiger partial charge in [0.15, 0.2) is 0 Å². The Kier molecular flexibility index (Phi) is 2.58. The third-order valence-electron chi connectivity index (χ3n) is 5.53. The molecule has 2 aliphatic rings. The van der Waals surface area contributed by atoms with Crippen LogP contribution in [-0.2, 0) is 5.54 Å². The van der Waals surface area contributed by atoms with Crippen LogP contribution in [0.1, 0.15) is 56.6 Å². The van der Waals surface area contributed by atoms with Gasteiger partial charge in [-0.25, -0.2) is 0 Å². The first-order valence-electron chi connectivity index (χ1n) is 7.16. The van der Waals surface area contributed by atoms with Crippen LogP contribution in [-0.4, -0.2) is 5.54 Å². The molecular formula is C16H24N2. The Labute approximate surface area is 110 Å². The maximum Gasteiger partial charge on any atom is 0.0597 e. The van der Waals surface area contributed by atoms with Crippen LogP contribution >= 0.6 is 0 Å². The van der Waals surface area contributed by atoms with E-state index in [1.807, 2.05) is 0 Å². The summed E-state index contributed by atoms with van der Waals surface area (Å²) in [6.07, 6.45) is 4.45. The number of nitrogens with two attached hydrogens (primary N) is 2. The molecule has 1 saturated carbocycles. The largest absolute Gasteiger partial charge is 0.323 e. The van der Waals surface area contributed by atoms with Crippen molar-refractivity contribution < 1.29 is 0 Å². The fourth-order valence-electron chi connectivity index (χ4n) is 4.34. The lowest BCUT2D eigenvalue weighted by atomic mass is 9.53. The second-order valence-corrected chi connectivity index (χ2v) is 6.50. The monoisotopic (exact) mass is 244 g/mol. The molecule has 1 fully saturated rings. The molecule has 0 heterocycles. The zero-order chi connectivity index (χ0) is 13.0. The summed E-state index contributed by atoms with van der Waals surface area (Å²) in [4.78, 5) is 0. The normalized spacial score (nSPS) is 43.1. The lowest BCUT2D eigenvalue weighted by molar-refractivity contribution is 0.0616. The van der Waals surface area contributed by atoms with E-state index in [2.05, 4.69) is 38.1 Å². The summed E-state index contributed by atoms with van der Waals surface area (Å²) in [5.74, 6) is 1.02. The molecule has 0 spiro atoms. The summed E-state index contributed by atoms with van der Waals surface area (Å²) in [5.41, 5.74) is 15.8. The third kappa shape index (κ3) is 1.36. The quantitative estimate of drug-likeness (QED) is 0.737. The molecule has 0 saturated heterocycles. The third-order valence-corrected chi connectivity index (χ3v) is 5.53. The molecule has 18 heavy (non-hydrogen) atoms. The van der Waals surface area contributed by atoms with E-state index in [0.29, 0.717) is 11.8 Å². The highest BCUT2D eigenvalue weighted by Crippen LogP contribution is 2.53.